The lowest BCUT2D eigenvalue weighted by Crippen LogP contribution is -2.31. The van der Waals surface area contributed by atoms with E-state index in [9.17, 15) is 0 Å². The fourth-order valence-electron chi connectivity index (χ4n) is 2.19. The molecule has 0 aliphatic rings. The summed E-state index contributed by atoms with van der Waals surface area (Å²) in [5, 5.41) is 1.08. The van der Waals surface area contributed by atoms with Crippen molar-refractivity contribution >= 4 is 15.9 Å². The van der Waals surface area contributed by atoms with Gasteiger partial charge in [0.15, 0.2) is 0 Å². The summed E-state index contributed by atoms with van der Waals surface area (Å²) >= 11 is 3.54. The lowest BCUT2D eigenvalue weighted by molar-refractivity contribution is 0.271. The quantitative estimate of drug-likeness (QED) is 0.314. The van der Waals surface area contributed by atoms with Crippen LogP contribution in [0.5, 0.6) is 0 Å². The van der Waals surface area contributed by atoms with E-state index in [1.165, 1.54) is 70.8 Å². The second-order valence-corrected chi connectivity index (χ2v) is 6.31. The van der Waals surface area contributed by atoms with Gasteiger partial charge < -0.3 is 4.90 Å². The van der Waals surface area contributed by atoms with Crippen LogP contribution in [0.3, 0.4) is 0 Å². The molecule has 0 radical (unpaired) electrons. The maximum absolute atomic E-state index is 3.54. The normalized spacial score (nSPS) is 13.2. The number of rotatable bonds is 13. The molecule has 0 spiro atoms. The van der Waals surface area contributed by atoms with Gasteiger partial charge in [0.25, 0.3) is 0 Å². The average Bonchev–Trinajstić information content (AvgIpc) is 2.39. The number of hydrogen-bond acceptors (Lipinski definition) is 1. The van der Waals surface area contributed by atoms with Gasteiger partial charge in [-0.3, -0.25) is 0 Å². The summed E-state index contributed by atoms with van der Waals surface area (Å²) in [7, 11) is 2.24. The zero-order valence-corrected chi connectivity index (χ0v) is 14.5. The first-order chi connectivity index (χ1) is 8.72. The van der Waals surface area contributed by atoms with E-state index in [1.807, 2.05) is 0 Å². The van der Waals surface area contributed by atoms with E-state index in [4.69, 9.17) is 0 Å². The van der Waals surface area contributed by atoms with Gasteiger partial charge in [-0.15, -0.1) is 0 Å². The van der Waals surface area contributed by atoms with E-state index < -0.39 is 0 Å². The number of alkyl halides is 1. The Kier molecular flexibility index (Phi) is 14.2. The number of unbranched alkanes of at least 4 members (excludes halogenated alkanes) is 9. The molecule has 110 valence electrons. The third kappa shape index (κ3) is 11.5. The predicted octanol–water partition coefficient (Wildman–Crippen LogP) is 5.62. The van der Waals surface area contributed by atoms with Crippen molar-refractivity contribution in [2.75, 3.05) is 18.9 Å². The summed E-state index contributed by atoms with van der Waals surface area (Å²) in [6.45, 7) is 5.82. The molecule has 0 rings (SSSR count). The summed E-state index contributed by atoms with van der Waals surface area (Å²) in [6.07, 6.45) is 14.3. The molecule has 0 aliphatic heterocycles. The second kappa shape index (κ2) is 13.9. The Bertz CT molecular complexity index is 161. The minimum absolute atomic E-state index is 0.670. The molecular weight excluding hydrogens is 286 g/mol. The van der Waals surface area contributed by atoms with Gasteiger partial charge in [0, 0.05) is 11.4 Å². The van der Waals surface area contributed by atoms with Gasteiger partial charge in [0.1, 0.15) is 0 Å². The zero-order chi connectivity index (χ0) is 13.6. The highest BCUT2D eigenvalue weighted by Crippen LogP contribution is 2.11. The Morgan fingerprint density at radius 2 is 1.28 bits per heavy atom. The van der Waals surface area contributed by atoms with Crippen LogP contribution in [0.25, 0.3) is 0 Å². The molecule has 18 heavy (non-hydrogen) atoms. The highest BCUT2D eigenvalue weighted by atomic mass is 79.9. The van der Waals surface area contributed by atoms with Crippen LogP contribution in [0.2, 0.25) is 0 Å². The van der Waals surface area contributed by atoms with E-state index in [0.717, 1.165) is 5.33 Å². The van der Waals surface area contributed by atoms with Gasteiger partial charge in [0.05, 0.1) is 0 Å². The molecule has 0 aromatic heterocycles. The molecule has 0 bridgehead atoms. The van der Waals surface area contributed by atoms with Crippen LogP contribution in [0.1, 0.15) is 78.1 Å². The van der Waals surface area contributed by atoms with Crippen molar-refractivity contribution in [1.29, 1.82) is 0 Å². The topological polar surface area (TPSA) is 3.24 Å². The highest BCUT2D eigenvalue weighted by molar-refractivity contribution is 9.09. The molecule has 0 fully saturated rings. The lowest BCUT2D eigenvalue weighted by Gasteiger charge is -2.22. The number of nitrogens with zero attached hydrogens (tertiary/aromatic N) is 1. The molecule has 0 saturated carbocycles. The first-order valence-corrected chi connectivity index (χ1v) is 9.10. The summed E-state index contributed by atoms with van der Waals surface area (Å²) in [5.41, 5.74) is 0. The van der Waals surface area contributed by atoms with Crippen molar-refractivity contribution < 1.29 is 0 Å². The third-order valence-electron chi connectivity index (χ3n) is 3.84. The minimum Gasteiger partial charge on any atom is -0.303 e. The molecule has 0 aromatic carbocycles. The van der Waals surface area contributed by atoms with Gasteiger partial charge >= 0.3 is 0 Å². The monoisotopic (exact) mass is 319 g/mol. The minimum atomic E-state index is 0.670. The molecule has 0 aliphatic carbocycles. The number of halogens is 1. The SMILES string of the molecule is CCCCCCCCCCCCN(C)C(C)CBr. The Hall–Kier alpha value is 0.440. The van der Waals surface area contributed by atoms with Crippen LogP contribution in [0.4, 0.5) is 0 Å². The first-order valence-electron chi connectivity index (χ1n) is 7.98. The third-order valence-corrected chi connectivity index (χ3v) is 4.78. The molecule has 0 N–H and O–H groups in total. The lowest BCUT2D eigenvalue weighted by atomic mass is 10.1. The summed E-state index contributed by atoms with van der Waals surface area (Å²) in [5.74, 6) is 0. The van der Waals surface area contributed by atoms with Crippen LogP contribution in [0.15, 0.2) is 0 Å². The van der Waals surface area contributed by atoms with E-state index in [1.54, 1.807) is 0 Å². The van der Waals surface area contributed by atoms with Crippen molar-refractivity contribution in [3.05, 3.63) is 0 Å². The highest BCUT2D eigenvalue weighted by Gasteiger charge is 2.05. The first kappa shape index (κ1) is 18.4. The molecule has 1 nitrogen and oxygen atoms in total. The van der Waals surface area contributed by atoms with E-state index in [-0.39, 0.29) is 0 Å². The Morgan fingerprint density at radius 3 is 1.72 bits per heavy atom. The number of hydrogen-bond donors (Lipinski definition) is 0. The largest absolute Gasteiger partial charge is 0.303 e. The Labute approximate surface area is 124 Å². The summed E-state index contributed by atoms with van der Waals surface area (Å²) < 4.78 is 0. The zero-order valence-electron chi connectivity index (χ0n) is 12.9. The Balaban J connectivity index is 3.11. The van der Waals surface area contributed by atoms with Crippen molar-refractivity contribution in [3.8, 4) is 0 Å². The molecule has 1 atom stereocenters. The summed E-state index contributed by atoms with van der Waals surface area (Å²) in [4.78, 5) is 2.46. The molecule has 0 aromatic rings. The predicted molar refractivity (Wildman–Crippen MR) is 87.7 cm³/mol. The van der Waals surface area contributed by atoms with E-state index in [0.29, 0.717) is 6.04 Å². The van der Waals surface area contributed by atoms with Crippen LogP contribution < -0.4 is 0 Å². The standard InChI is InChI=1S/C16H34BrN/c1-4-5-6-7-8-9-10-11-12-13-14-18(3)16(2)15-17/h16H,4-15H2,1-3H3. The van der Waals surface area contributed by atoms with Crippen LogP contribution >= 0.6 is 15.9 Å². The molecule has 1 unspecified atom stereocenters. The van der Waals surface area contributed by atoms with Gasteiger partial charge in [-0.2, -0.15) is 0 Å². The smallest absolute Gasteiger partial charge is 0.0185 e. The maximum atomic E-state index is 3.54. The molecule has 2 heteroatoms. The molecular formula is C16H34BrN. The van der Waals surface area contributed by atoms with E-state index >= 15 is 0 Å². The Morgan fingerprint density at radius 1 is 0.833 bits per heavy atom. The fourth-order valence-corrected chi connectivity index (χ4v) is 2.68. The van der Waals surface area contributed by atoms with Crippen molar-refractivity contribution in [3.63, 3.8) is 0 Å². The van der Waals surface area contributed by atoms with Crippen molar-refractivity contribution in [1.82, 2.24) is 4.90 Å². The van der Waals surface area contributed by atoms with Crippen molar-refractivity contribution in [2.24, 2.45) is 0 Å². The van der Waals surface area contributed by atoms with Gasteiger partial charge in [-0.25, -0.2) is 0 Å². The second-order valence-electron chi connectivity index (χ2n) is 5.67. The average molecular weight is 320 g/mol. The molecule has 0 amide bonds. The van der Waals surface area contributed by atoms with Gasteiger partial charge in [-0.05, 0) is 26.9 Å². The van der Waals surface area contributed by atoms with Gasteiger partial charge in [0.2, 0.25) is 0 Å². The van der Waals surface area contributed by atoms with Crippen molar-refractivity contribution in [2.45, 2.75) is 84.1 Å². The van der Waals surface area contributed by atoms with Crippen LogP contribution in [0, 0.1) is 0 Å². The fraction of sp³-hybridized carbons (Fsp3) is 1.00. The van der Waals surface area contributed by atoms with Gasteiger partial charge in [-0.1, -0.05) is 80.6 Å². The molecule has 0 heterocycles. The van der Waals surface area contributed by atoms with E-state index in [2.05, 4.69) is 41.7 Å². The molecule has 0 saturated heterocycles. The summed E-state index contributed by atoms with van der Waals surface area (Å²) in [6, 6.07) is 0.670. The maximum Gasteiger partial charge on any atom is 0.0185 e. The van der Waals surface area contributed by atoms with Crippen LogP contribution in [-0.2, 0) is 0 Å². The van der Waals surface area contributed by atoms with Crippen LogP contribution in [-0.4, -0.2) is 29.9 Å².